The number of rotatable bonds is 0. The zero-order valence-corrected chi connectivity index (χ0v) is 4.77. The molecule has 0 unspecified atom stereocenters. The molecule has 0 spiro atoms. The molecule has 0 amide bonds. The highest BCUT2D eigenvalue weighted by molar-refractivity contribution is 6.06. The molecule has 0 atom stereocenters. The number of carbonyl (C=O) groups excluding carboxylic acids is 1. The van der Waals surface area contributed by atoms with Crippen molar-refractivity contribution in [1.82, 2.24) is 4.90 Å². The number of nitrogens with zero attached hydrogens (tertiary/aromatic N) is 1. The Hall–Kier alpha value is -0.860. The topological polar surface area (TPSA) is 44.2 Å². The van der Waals surface area contributed by atoms with E-state index in [-0.39, 0.29) is 5.78 Å². The predicted octanol–water partition coefficient (Wildman–Crippen LogP) is -0.132. The first-order valence-electron chi connectivity index (χ1n) is 2.50. The second-order valence-electron chi connectivity index (χ2n) is 2.02. The molecular weight excluding hydrogens is 104 g/mol. The molecule has 0 aromatic rings. The molecule has 1 fully saturated rings. The fourth-order valence-corrected chi connectivity index (χ4v) is 0.738. The Labute approximate surface area is 47.8 Å². The Morgan fingerprint density at radius 1 is 1.75 bits per heavy atom. The fourth-order valence-electron chi connectivity index (χ4n) is 0.738. The van der Waals surface area contributed by atoms with Gasteiger partial charge in [0.15, 0.2) is 5.78 Å². The Morgan fingerprint density at radius 3 is 2.50 bits per heavy atom. The molecule has 44 valence electrons. The van der Waals surface area contributed by atoms with Crippen LogP contribution in [0, 0.1) is 5.41 Å². The standard InChI is InChI=1S/C5H8N2O/c1-7-3-4(8)2-5(7)6/h6H,2-3H2,1H3. The lowest BCUT2D eigenvalue weighted by molar-refractivity contribution is -0.116. The van der Waals surface area contributed by atoms with Gasteiger partial charge in [-0.2, -0.15) is 0 Å². The second-order valence-corrected chi connectivity index (χ2v) is 2.02. The molecule has 0 aliphatic carbocycles. The van der Waals surface area contributed by atoms with Gasteiger partial charge in [-0.05, 0) is 0 Å². The van der Waals surface area contributed by atoms with Crippen LogP contribution >= 0.6 is 0 Å². The van der Waals surface area contributed by atoms with Crippen LogP contribution in [0.2, 0.25) is 0 Å². The van der Waals surface area contributed by atoms with Gasteiger partial charge in [0.25, 0.3) is 0 Å². The van der Waals surface area contributed by atoms with Crippen molar-refractivity contribution in [2.75, 3.05) is 13.6 Å². The van der Waals surface area contributed by atoms with Crippen molar-refractivity contribution in [3.8, 4) is 0 Å². The molecule has 0 aromatic heterocycles. The molecule has 0 bridgehead atoms. The predicted molar refractivity (Wildman–Crippen MR) is 30.0 cm³/mol. The summed E-state index contributed by atoms with van der Waals surface area (Å²) < 4.78 is 0. The minimum atomic E-state index is 0.150. The normalized spacial score (nSPS) is 20.4. The first-order chi connectivity index (χ1) is 3.70. The molecule has 0 saturated carbocycles. The van der Waals surface area contributed by atoms with Crippen LogP contribution in [0.3, 0.4) is 0 Å². The SMILES string of the molecule is CN1CC(=O)CC1=N. The number of likely N-dealkylation sites (N-methyl/N-ethyl adjacent to an activating group) is 1. The zero-order chi connectivity index (χ0) is 6.15. The smallest absolute Gasteiger partial charge is 0.159 e. The molecule has 8 heavy (non-hydrogen) atoms. The third-order valence-electron chi connectivity index (χ3n) is 1.24. The highest BCUT2D eigenvalue weighted by Gasteiger charge is 2.19. The van der Waals surface area contributed by atoms with E-state index in [1.807, 2.05) is 0 Å². The largest absolute Gasteiger partial charge is 0.356 e. The number of ketones is 1. The van der Waals surface area contributed by atoms with Crippen LogP contribution in [0.25, 0.3) is 0 Å². The van der Waals surface area contributed by atoms with Crippen molar-refractivity contribution in [2.24, 2.45) is 0 Å². The zero-order valence-electron chi connectivity index (χ0n) is 4.77. The summed E-state index contributed by atoms with van der Waals surface area (Å²) in [6.45, 7) is 0.429. The molecule has 1 aliphatic heterocycles. The average Bonchev–Trinajstić information content (AvgIpc) is 1.85. The molecule has 3 nitrogen and oxygen atoms in total. The van der Waals surface area contributed by atoms with Crippen molar-refractivity contribution in [3.05, 3.63) is 0 Å². The molecule has 1 heterocycles. The maximum atomic E-state index is 10.5. The first kappa shape index (κ1) is 5.28. The number of nitrogens with one attached hydrogen (secondary N) is 1. The number of hydrogen-bond donors (Lipinski definition) is 1. The lowest BCUT2D eigenvalue weighted by Crippen LogP contribution is -2.18. The van der Waals surface area contributed by atoms with E-state index in [1.54, 1.807) is 11.9 Å². The van der Waals surface area contributed by atoms with E-state index >= 15 is 0 Å². The second kappa shape index (κ2) is 1.58. The van der Waals surface area contributed by atoms with Crippen molar-refractivity contribution < 1.29 is 4.79 Å². The molecule has 3 heteroatoms. The van der Waals surface area contributed by atoms with Gasteiger partial charge in [0.2, 0.25) is 0 Å². The van der Waals surface area contributed by atoms with Crippen LogP contribution in [0.15, 0.2) is 0 Å². The quantitative estimate of drug-likeness (QED) is 0.474. The number of Topliss-reactive ketones (excluding diaryl/α,β-unsaturated/α-hetero) is 1. The van der Waals surface area contributed by atoms with Crippen molar-refractivity contribution >= 4 is 11.6 Å². The molecule has 1 aliphatic rings. The van der Waals surface area contributed by atoms with E-state index in [0.29, 0.717) is 18.8 Å². The van der Waals surface area contributed by atoms with Crippen molar-refractivity contribution in [3.63, 3.8) is 0 Å². The Morgan fingerprint density at radius 2 is 2.38 bits per heavy atom. The number of carbonyl (C=O) groups is 1. The Bertz CT molecular complexity index is 141. The van der Waals surface area contributed by atoms with E-state index in [1.165, 1.54) is 0 Å². The molecule has 0 radical (unpaired) electrons. The van der Waals surface area contributed by atoms with E-state index in [2.05, 4.69) is 0 Å². The van der Waals surface area contributed by atoms with Gasteiger partial charge in [-0.15, -0.1) is 0 Å². The first-order valence-corrected chi connectivity index (χ1v) is 2.50. The summed E-state index contributed by atoms with van der Waals surface area (Å²) in [5.41, 5.74) is 0. The van der Waals surface area contributed by atoms with Gasteiger partial charge in [0, 0.05) is 7.05 Å². The summed E-state index contributed by atoms with van der Waals surface area (Å²) in [7, 11) is 1.76. The van der Waals surface area contributed by atoms with Gasteiger partial charge in [0.1, 0.15) is 5.84 Å². The highest BCUT2D eigenvalue weighted by Crippen LogP contribution is 2.01. The third-order valence-corrected chi connectivity index (χ3v) is 1.24. The van der Waals surface area contributed by atoms with Crippen LogP contribution in [0.1, 0.15) is 6.42 Å². The molecular formula is C5H8N2O. The van der Waals surface area contributed by atoms with E-state index in [0.717, 1.165) is 0 Å². The van der Waals surface area contributed by atoms with Gasteiger partial charge in [-0.3, -0.25) is 10.2 Å². The third kappa shape index (κ3) is 0.710. The fraction of sp³-hybridized carbons (Fsp3) is 0.600. The molecule has 1 N–H and O–H groups in total. The molecule has 1 rings (SSSR count). The van der Waals surface area contributed by atoms with Gasteiger partial charge in [0.05, 0.1) is 13.0 Å². The van der Waals surface area contributed by atoms with Crippen LogP contribution in [-0.4, -0.2) is 30.1 Å². The summed E-state index contributed by atoms with van der Waals surface area (Å²) in [5, 5.41) is 7.09. The van der Waals surface area contributed by atoms with Crippen LogP contribution in [0.5, 0.6) is 0 Å². The summed E-state index contributed by atoms with van der Waals surface area (Å²) in [6.07, 6.45) is 0.330. The lowest BCUT2D eigenvalue weighted by Gasteiger charge is -2.05. The van der Waals surface area contributed by atoms with Crippen molar-refractivity contribution in [2.45, 2.75) is 6.42 Å². The highest BCUT2D eigenvalue weighted by atomic mass is 16.1. The van der Waals surface area contributed by atoms with Crippen LogP contribution in [-0.2, 0) is 4.79 Å². The van der Waals surface area contributed by atoms with Gasteiger partial charge in [-0.1, -0.05) is 0 Å². The molecule has 0 aromatic carbocycles. The van der Waals surface area contributed by atoms with E-state index in [9.17, 15) is 4.79 Å². The van der Waals surface area contributed by atoms with E-state index < -0.39 is 0 Å². The van der Waals surface area contributed by atoms with Crippen LogP contribution in [0.4, 0.5) is 0 Å². The minimum Gasteiger partial charge on any atom is -0.356 e. The van der Waals surface area contributed by atoms with Gasteiger partial charge >= 0.3 is 0 Å². The van der Waals surface area contributed by atoms with Gasteiger partial charge in [-0.25, -0.2) is 0 Å². The summed E-state index contributed by atoms with van der Waals surface area (Å²) in [5.74, 6) is 0.590. The van der Waals surface area contributed by atoms with Gasteiger partial charge < -0.3 is 4.90 Å². The molecule has 1 saturated heterocycles. The lowest BCUT2D eigenvalue weighted by atomic mass is 10.3. The number of likely N-dealkylation sites (tertiary alicyclic amines) is 1. The summed E-state index contributed by atoms with van der Waals surface area (Å²) in [4.78, 5) is 12.1. The number of hydrogen-bond acceptors (Lipinski definition) is 2. The van der Waals surface area contributed by atoms with Crippen LogP contribution < -0.4 is 0 Å². The Balaban J connectivity index is 2.64. The summed E-state index contributed by atoms with van der Waals surface area (Å²) >= 11 is 0. The maximum Gasteiger partial charge on any atom is 0.159 e. The maximum absolute atomic E-state index is 10.5. The monoisotopic (exact) mass is 112 g/mol. The van der Waals surface area contributed by atoms with Crippen molar-refractivity contribution in [1.29, 1.82) is 5.41 Å². The average molecular weight is 112 g/mol. The summed E-state index contributed by atoms with van der Waals surface area (Å²) in [6, 6.07) is 0. The Kier molecular flexibility index (Phi) is 1.04. The number of amidine groups is 1. The minimum absolute atomic E-state index is 0.150. The van der Waals surface area contributed by atoms with E-state index in [4.69, 9.17) is 5.41 Å².